The highest BCUT2D eigenvalue weighted by molar-refractivity contribution is 7.98. The van der Waals surface area contributed by atoms with E-state index in [1.54, 1.807) is 12.3 Å². The van der Waals surface area contributed by atoms with Crippen LogP contribution in [0.5, 0.6) is 0 Å². The molecule has 17 heavy (non-hydrogen) atoms. The summed E-state index contributed by atoms with van der Waals surface area (Å²) in [5.41, 5.74) is 6.94. The van der Waals surface area contributed by atoms with Crippen LogP contribution in [0.3, 0.4) is 0 Å². The van der Waals surface area contributed by atoms with Gasteiger partial charge in [-0.1, -0.05) is 5.16 Å². The van der Waals surface area contributed by atoms with Gasteiger partial charge in [0.2, 0.25) is 0 Å². The van der Waals surface area contributed by atoms with Crippen LogP contribution >= 0.6 is 11.8 Å². The topological polar surface area (TPSA) is 74.7 Å². The monoisotopic (exact) mass is 254 g/mol. The molecule has 0 radical (unpaired) electrons. The smallest absolute Gasteiger partial charge is 0.188 e. The van der Waals surface area contributed by atoms with E-state index in [1.807, 2.05) is 24.9 Å². The van der Waals surface area contributed by atoms with Crippen molar-refractivity contribution in [3.8, 4) is 0 Å². The highest BCUT2D eigenvalue weighted by Crippen LogP contribution is 2.15. The summed E-state index contributed by atoms with van der Waals surface area (Å²) in [7, 11) is 2.03. The van der Waals surface area contributed by atoms with E-state index in [4.69, 9.17) is 10.9 Å². The molecule has 0 bridgehead atoms. The highest BCUT2D eigenvalue weighted by Gasteiger charge is 2.10. The number of hydrogen-bond acceptors (Lipinski definition) is 5. The van der Waals surface area contributed by atoms with Crippen LogP contribution in [0.1, 0.15) is 12.6 Å². The van der Waals surface area contributed by atoms with Gasteiger partial charge in [-0.3, -0.25) is 4.98 Å². The summed E-state index contributed by atoms with van der Waals surface area (Å²) in [5, 5.41) is 11.4. The molecule has 0 saturated heterocycles. The zero-order valence-electron chi connectivity index (χ0n) is 10.3. The molecular formula is C11H18N4OS. The Morgan fingerprint density at radius 1 is 1.65 bits per heavy atom. The van der Waals surface area contributed by atoms with E-state index < -0.39 is 0 Å². The van der Waals surface area contributed by atoms with E-state index in [1.165, 1.54) is 0 Å². The number of anilines is 1. The number of nitrogens with two attached hydrogens (primary N) is 1. The summed E-state index contributed by atoms with van der Waals surface area (Å²) in [6.45, 7) is 2.16. The van der Waals surface area contributed by atoms with Crippen molar-refractivity contribution in [1.82, 2.24) is 4.98 Å². The van der Waals surface area contributed by atoms with Crippen LogP contribution in [0.4, 0.5) is 5.69 Å². The van der Waals surface area contributed by atoms with Gasteiger partial charge < -0.3 is 15.8 Å². The van der Waals surface area contributed by atoms with Crippen LogP contribution in [0, 0.1) is 0 Å². The first-order valence-electron chi connectivity index (χ1n) is 5.25. The van der Waals surface area contributed by atoms with E-state index in [-0.39, 0.29) is 5.84 Å². The minimum Gasteiger partial charge on any atom is -0.409 e. The van der Waals surface area contributed by atoms with Gasteiger partial charge in [-0.25, -0.2) is 0 Å². The lowest BCUT2D eigenvalue weighted by Crippen LogP contribution is -2.31. The zero-order valence-corrected chi connectivity index (χ0v) is 11.1. The van der Waals surface area contributed by atoms with Crippen LogP contribution in [-0.2, 0) is 0 Å². The second-order valence-corrected chi connectivity index (χ2v) is 4.71. The van der Waals surface area contributed by atoms with Gasteiger partial charge in [0.25, 0.3) is 0 Å². The molecule has 0 fully saturated rings. The number of aromatic nitrogens is 1. The van der Waals surface area contributed by atoms with Crippen molar-refractivity contribution in [2.45, 2.75) is 13.0 Å². The summed E-state index contributed by atoms with van der Waals surface area (Å²) in [4.78, 5) is 6.30. The third kappa shape index (κ3) is 3.52. The molecule has 1 aromatic heterocycles. The number of nitrogens with zero attached hydrogens (tertiary/aromatic N) is 3. The molecule has 1 rings (SSSR count). The first kappa shape index (κ1) is 13.6. The molecule has 1 unspecified atom stereocenters. The second-order valence-electron chi connectivity index (χ2n) is 3.80. The van der Waals surface area contributed by atoms with Gasteiger partial charge in [0.05, 0.1) is 11.9 Å². The number of thioether (sulfide) groups is 1. The molecule has 1 atom stereocenters. The number of amidine groups is 1. The summed E-state index contributed by atoms with van der Waals surface area (Å²) in [5.74, 6) is 1.08. The number of rotatable bonds is 5. The number of hydrogen-bond donors (Lipinski definition) is 2. The molecule has 0 spiro atoms. The maximum atomic E-state index is 8.53. The van der Waals surface area contributed by atoms with Crippen molar-refractivity contribution in [3.05, 3.63) is 24.0 Å². The van der Waals surface area contributed by atoms with Gasteiger partial charge in [0.15, 0.2) is 5.84 Å². The summed E-state index contributed by atoms with van der Waals surface area (Å²) >= 11 is 1.81. The Balaban J connectivity index is 2.80. The molecule has 0 aromatic carbocycles. The molecule has 94 valence electrons. The zero-order chi connectivity index (χ0) is 12.8. The lowest BCUT2D eigenvalue weighted by atomic mass is 10.2. The number of pyridine rings is 1. The van der Waals surface area contributed by atoms with Crippen molar-refractivity contribution in [1.29, 1.82) is 0 Å². The lowest BCUT2D eigenvalue weighted by Gasteiger charge is -2.26. The van der Waals surface area contributed by atoms with E-state index in [0.717, 1.165) is 11.4 Å². The molecule has 0 aliphatic heterocycles. The second kappa shape index (κ2) is 6.34. The van der Waals surface area contributed by atoms with E-state index in [9.17, 15) is 0 Å². The Kier molecular flexibility index (Phi) is 5.09. The Bertz CT molecular complexity index is 380. The van der Waals surface area contributed by atoms with E-state index in [2.05, 4.69) is 28.2 Å². The molecule has 0 amide bonds. The standard InChI is InChI=1S/C11H18N4OS/c1-8(7-17-3)15(2)9-4-5-10(13-6-9)11(12)14-16/h4-6,8,16H,7H2,1-3H3,(H2,12,14). The summed E-state index contributed by atoms with van der Waals surface area (Å²) < 4.78 is 0. The van der Waals surface area contributed by atoms with Gasteiger partial charge in [-0.15, -0.1) is 0 Å². The molecular weight excluding hydrogens is 236 g/mol. The Hall–Kier alpha value is -1.43. The largest absolute Gasteiger partial charge is 0.409 e. The Morgan fingerprint density at radius 2 is 2.35 bits per heavy atom. The van der Waals surface area contributed by atoms with Gasteiger partial charge in [0.1, 0.15) is 5.69 Å². The fourth-order valence-electron chi connectivity index (χ4n) is 1.40. The minimum absolute atomic E-state index is 0.0244. The van der Waals surface area contributed by atoms with Crippen molar-refractivity contribution in [2.75, 3.05) is 24.0 Å². The third-order valence-corrected chi connectivity index (χ3v) is 3.41. The van der Waals surface area contributed by atoms with Crippen molar-refractivity contribution < 1.29 is 5.21 Å². The molecule has 0 aliphatic rings. The predicted octanol–water partition coefficient (Wildman–Crippen LogP) is 1.36. The lowest BCUT2D eigenvalue weighted by molar-refractivity contribution is 0.318. The summed E-state index contributed by atoms with van der Waals surface area (Å²) in [6.07, 6.45) is 3.81. The van der Waals surface area contributed by atoms with Crippen LogP contribution < -0.4 is 10.6 Å². The molecule has 0 aliphatic carbocycles. The SMILES string of the molecule is CSCC(C)N(C)c1ccc(/C(N)=N/O)nc1. The van der Waals surface area contributed by atoms with Crippen molar-refractivity contribution >= 4 is 23.3 Å². The molecule has 1 aromatic rings. The van der Waals surface area contributed by atoms with Crippen molar-refractivity contribution in [2.24, 2.45) is 10.9 Å². The summed E-state index contributed by atoms with van der Waals surface area (Å²) in [6, 6.07) is 4.09. The normalized spacial score (nSPS) is 13.5. The average molecular weight is 254 g/mol. The van der Waals surface area contributed by atoms with Crippen LogP contribution in [0.15, 0.2) is 23.5 Å². The molecule has 3 N–H and O–H groups in total. The van der Waals surface area contributed by atoms with E-state index >= 15 is 0 Å². The first-order chi connectivity index (χ1) is 8.10. The fourth-order valence-corrected chi connectivity index (χ4v) is 2.11. The molecule has 5 nitrogen and oxygen atoms in total. The van der Waals surface area contributed by atoms with Gasteiger partial charge >= 0.3 is 0 Å². The molecule has 0 saturated carbocycles. The van der Waals surface area contributed by atoms with Crippen LogP contribution in [0.25, 0.3) is 0 Å². The van der Waals surface area contributed by atoms with Crippen molar-refractivity contribution in [3.63, 3.8) is 0 Å². The highest BCUT2D eigenvalue weighted by atomic mass is 32.2. The number of oxime groups is 1. The Morgan fingerprint density at radius 3 is 2.82 bits per heavy atom. The predicted molar refractivity (Wildman–Crippen MR) is 73.0 cm³/mol. The van der Waals surface area contributed by atoms with E-state index in [0.29, 0.717) is 11.7 Å². The average Bonchev–Trinajstić information content (AvgIpc) is 2.37. The fraction of sp³-hybridized carbons (Fsp3) is 0.455. The Labute approximate surface area is 106 Å². The van der Waals surface area contributed by atoms with Crippen LogP contribution in [-0.4, -0.2) is 41.1 Å². The quantitative estimate of drug-likeness (QED) is 0.359. The third-order valence-electron chi connectivity index (χ3n) is 2.59. The van der Waals surface area contributed by atoms with Gasteiger partial charge in [-0.2, -0.15) is 11.8 Å². The van der Waals surface area contributed by atoms with Gasteiger partial charge in [-0.05, 0) is 25.3 Å². The minimum atomic E-state index is 0.0244. The maximum Gasteiger partial charge on any atom is 0.188 e. The molecule has 1 heterocycles. The maximum absolute atomic E-state index is 8.53. The van der Waals surface area contributed by atoms with Crippen LogP contribution in [0.2, 0.25) is 0 Å². The van der Waals surface area contributed by atoms with Gasteiger partial charge in [0, 0.05) is 18.8 Å². The first-order valence-corrected chi connectivity index (χ1v) is 6.65. The molecule has 6 heteroatoms.